The number of carbonyl (C=O) groups excluding carboxylic acids is 1. The summed E-state index contributed by atoms with van der Waals surface area (Å²) in [7, 11) is 0. The number of nitriles is 1. The smallest absolute Gasteiger partial charge is 0.267 e. The number of amides is 1. The summed E-state index contributed by atoms with van der Waals surface area (Å²) < 4.78 is 5.75. The van der Waals surface area contributed by atoms with Crippen LogP contribution < -0.4 is 9.64 Å². The highest BCUT2D eigenvalue weighted by Crippen LogP contribution is 2.28. The molecule has 23 heavy (non-hydrogen) atoms. The van der Waals surface area contributed by atoms with Gasteiger partial charge in [-0.05, 0) is 43.5 Å². The molecule has 0 spiro atoms. The van der Waals surface area contributed by atoms with Crippen LogP contribution in [-0.2, 0) is 11.2 Å². The van der Waals surface area contributed by atoms with Gasteiger partial charge in [0.15, 0.2) is 6.10 Å². The molecule has 1 aliphatic rings. The summed E-state index contributed by atoms with van der Waals surface area (Å²) in [4.78, 5) is 14.6. The monoisotopic (exact) mass is 306 g/mol. The SMILES string of the molecule is C[C@H](Oc1ccccc1C#N)C(=O)N1CCCc2ccccc21. The van der Waals surface area contributed by atoms with E-state index in [1.807, 2.05) is 18.2 Å². The standard InChI is InChI=1S/C19H18N2O2/c1-14(23-18-11-5-3-8-16(18)13-20)19(22)21-12-6-9-15-7-2-4-10-17(15)21/h2-5,7-8,10-11,14H,6,9,12H2,1H3/t14-/m0/s1. The van der Waals surface area contributed by atoms with E-state index in [0.717, 1.165) is 18.5 Å². The van der Waals surface area contributed by atoms with E-state index in [0.29, 0.717) is 17.9 Å². The molecule has 0 radical (unpaired) electrons. The summed E-state index contributed by atoms with van der Waals surface area (Å²) in [6.45, 7) is 2.43. The third-order valence-corrected chi connectivity index (χ3v) is 4.04. The van der Waals surface area contributed by atoms with Crippen LogP contribution in [0, 0.1) is 11.3 Å². The molecule has 1 amide bonds. The second-order valence-electron chi connectivity index (χ2n) is 5.59. The minimum Gasteiger partial charge on any atom is -0.479 e. The number of hydrogen-bond acceptors (Lipinski definition) is 3. The summed E-state index contributed by atoms with van der Waals surface area (Å²) in [5, 5.41) is 9.12. The molecule has 2 aromatic carbocycles. The van der Waals surface area contributed by atoms with Gasteiger partial charge in [-0.1, -0.05) is 30.3 Å². The number of benzene rings is 2. The van der Waals surface area contributed by atoms with Crippen molar-refractivity contribution in [1.82, 2.24) is 0 Å². The molecule has 0 aromatic heterocycles. The number of hydrogen-bond donors (Lipinski definition) is 0. The molecule has 4 nitrogen and oxygen atoms in total. The van der Waals surface area contributed by atoms with Crippen LogP contribution in [0.25, 0.3) is 0 Å². The number of nitrogens with zero attached hydrogens (tertiary/aromatic N) is 2. The molecule has 0 bridgehead atoms. The molecule has 0 saturated carbocycles. The van der Waals surface area contributed by atoms with E-state index in [-0.39, 0.29) is 5.91 Å². The van der Waals surface area contributed by atoms with E-state index in [1.165, 1.54) is 5.56 Å². The maximum absolute atomic E-state index is 12.8. The number of anilines is 1. The minimum absolute atomic E-state index is 0.0788. The van der Waals surface area contributed by atoms with E-state index in [4.69, 9.17) is 10.00 Å². The summed E-state index contributed by atoms with van der Waals surface area (Å²) in [5.41, 5.74) is 2.59. The maximum Gasteiger partial charge on any atom is 0.267 e. The van der Waals surface area contributed by atoms with E-state index < -0.39 is 6.10 Å². The lowest BCUT2D eigenvalue weighted by Crippen LogP contribution is -2.43. The molecule has 116 valence electrons. The molecule has 2 aromatic rings. The molecule has 0 N–H and O–H groups in total. The maximum atomic E-state index is 12.8. The van der Waals surface area contributed by atoms with Gasteiger partial charge in [-0.15, -0.1) is 0 Å². The highest BCUT2D eigenvalue weighted by Gasteiger charge is 2.27. The van der Waals surface area contributed by atoms with Crippen molar-refractivity contribution >= 4 is 11.6 Å². The zero-order chi connectivity index (χ0) is 16.2. The topological polar surface area (TPSA) is 53.3 Å². The molecular weight excluding hydrogens is 288 g/mol. The van der Waals surface area contributed by atoms with Crippen LogP contribution in [0.4, 0.5) is 5.69 Å². The lowest BCUT2D eigenvalue weighted by atomic mass is 10.0. The van der Waals surface area contributed by atoms with Gasteiger partial charge in [-0.2, -0.15) is 5.26 Å². The summed E-state index contributed by atoms with van der Waals surface area (Å²) in [6.07, 6.45) is 1.30. The first-order valence-electron chi connectivity index (χ1n) is 7.76. The Morgan fingerprint density at radius 1 is 1.22 bits per heavy atom. The predicted octanol–water partition coefficient (Wildman–Crippen LogP) is 3.30. The number of ether oxygens (including phenoxy) is 1. The van der Waals surface area contributed by atoms with E-state index in [2.05, 4.69) is 12.1 Å². The van der Waals surface area contributed by atoms with E-state index in [9.17, 15) is 4.79 Å². The molecule has 1 aliphatic heterocycles. The fourth-order valence-electron chi connectivity index (χ4n) is 2.88. The third-order valence-electron chi connectivity index (χ3n) is 4.04. The first kappa shape index (κ1) is 15.1. The van der Waals surface area contributed by atoms with Crippen LogP contribution in [0.1, 0.15) is 24.5 Å². The molecule has 0 unspecified atom stereocenters. The van der Waals surface area contributed by atoms with Gasteiger partial charge in [0.2, 0.25) is 0 Å². The Morgan fingerprint density at radius 3 is 2.78 bits per heavy atom. The molecular formula is C19H18N2O2. The van der Waals surface area contributed by atoms with Crippen LogP contribution in [0.5, 0.6) is 5.75 Å². The van der Waals surface area contributed by atoms with Gasteiger partial charge in [0.25, 0.3) is 5.91 Å². The molecule has 1 heterocycles. The van der Waals surface area contributed by atoms with Gasteiger partial charge < -0.3 is 9.64 Å². The Kier molecular flexibility index (Phi) is 4.29. The highest BCUT2D eigenvalue weighted by molar-refractivity contribution is 5.97. The Labute approximate surface area is 135 Å². The van der Waals surface area contributed by atoms with Crippen molar-refractivity contribution in [2.75, 3.05) is 11.4 Å². The second kappa shape index (κ2) is 6.53. The van der Waals surface area contributed by atoms with Gasteiger partial charge in [-0.3, -0.25) is 4.79 Å². The van der Waals surface area contributed by atoms with Crippen molar-refractivity contribution in [3.8, 4) is 11.8 Å². The van der Waals surface area contributed by atoms with Crippen LogP contribution >= 0.6 is 0 Å². The zero-order valence-electron chi connectivity index (χ0n) is 13.0. The quantitative estimate of drug-likeness (QED) is 0.874. The van der Waals surface area contributed by atoms with Gasteiger partial charge >= 0.3 is 0 Å². The molecule has 1 atom stereocenters. The fraction of sp³-hybridized carbons (Fsp3) is 0.263. The van der Waals surface area contributed by atoms with E-state index >= 15 is 0 Å². The third kappa shape index (κ3) is 3.04. The Morgan fingerprint density at radius 2 is 1.96 bits per heavy atom. The number of rotatable bonds is 3. The lowest BCUT2D eigenvalue weighted by Gasteiger charge is -2.31. The average Bonchev–Trinajstić information content (AvgIpc) is 2.61. The Bertz CT molecular complexity index is 764. The average molecular weight is 306 g/mol. The number of aryl methyl sites for hydroxylation is 1. The zero-order valence-corrected chi connectivity index (χ0v) is 13.0. The van der Waals surface area contributed by atoms with Gasteiger partial charge in [0.05, 0.1) is 5.56 Å². The molecule has 0 aliphatic carbocycles. The molecule has 4 heteroatoms. The van der Waals surface area contributed by atoms with Crippen LogP contribution in [0.3, 0.4) is 0 Å². The molecule has 0 fully saturated rings. The van der Waals surface area contributed by atoms with Crippen molar-refractivity contribution in [2.24, 2.45) is 0 Å². The van der Waals surface area contributed by atoms with Gasteiger partial charge in [-0.25, -0.2) is 0 Å². The Balaban J connectivity index is 1.80. The van der Waals surface area contributed by atoms with Crippen LogP contribution in [0.2, 0.25) is 0 Å². The second-order valence-corrected chi connectivity index (χ2v) is 5.59. The van der Waals surface area contributed by atoms with E-state index in [1.54, 1.807) is 36.1 Å². The largest absolute Gasteiger partial charge is 0.479 e. The van der Waals surface area contributed by atoms with Crippen molar-refractivity contribution in [1.29, 1.82) is 5.26 Å². The minimum atomic E-state index is -0.643. The normalized spacial score (nSPS) is 14.5. The van der Waals surface area contributed by atoms with Crippen molar-refractivity contribution in [2.45, 2.75) is 25.9 Å². The summed E-state index contributed by atoms with van der Waals surface area (Å²) in [6, 6.07) is 17.0. The molecule has 0 saturated heterocycles. The number of carbonyl (C=O) groups is 1. The Hall–Kier alpha value is -2.80. The predicted molar refractivity (Wildman–Crippen MR) is 88.4 cm³/mol. The summed E-state index contributed by atoms with van der Waals surface area (Å²) >= 11 is 0. The first-order chi connectivity index (χ1) is 11.2. The van der Waals surface area contributed by atoms with Crippen LogP contribution in [-0.4, -0.2) is 18.6 Å². The fourth-order valence-corrected chi connectivity index (χ4v) is 2.88. The lowest BCUT2D eigenvalue weighted by molar-refractivity contribution is -0.124. The first-order valence-corrected chi connectivity index (χ1v) is 7.76. The number of para-hydroxylation sites is 2. The van der Waals surface area contributed by atoms with Gasteiger partial charge in [0.1, 0.15) is 11.8 Å². The van der Waals surface area contributed by atoms with Crippen molar-refractivity contribution in [3.05, 3.63) is 59.7 Å². The summed E-state index contributed by atoms with van der Waals surface area (Å²) in [5.74, 6) is 0.367. The highest BCUT2D eigenvalue weighted by atomic mass is 16.5. The van der Waals surface area contributed by atoms with Crippen molar-refractivity contribution in [3.63, 3.8) is 0 Å². The van der Waals surface area contributed by atoms with Crippen LogP contribution in [0.15, 0.2) is 48.5 Å². The molecule has 3 rings (SSSR count). The van der Waals surface area contributed by atoms with Gasteiger partial charge in [0, 0.05) is 12.2 Å². The van der Waals surface area contributed by atoms with Crippen molar-refractivity contribution < 1.29 is 9.53 Å². The number of fused-ring (bicyclic) bond motifs is 1.